The molecule has 1 aliphatic heterocycles. The van der Waals surface area contributed by atoms with Crippen LogP contribution >= 0.6 is 0 Å². The van der Waals surface area contributed by atoms with Gasteiger partial charge in [0.05, 0.1) is 18.3 Å². The average molecular weight is 232 g/mol. The van der Waals surface area contributed by atoms with Gasteiger partial charge in [-0.15, -0.1) is 0 Å². The first kappa shape index (κ1) is 12.5. The van der Waals surface area contributed by atoms with Crippen LogP contribution in [0.1, 0.15) is 46.5 Å². The third kappa shape index (κ3) is 3.52. The minimum atomic E-state index is 0.374. The molecule has 0 amide bonds. The van der Waals surface area contributed by atoms with Crippen molar-refractivity contribution in [3.8, 4) is 0 Å². The Kier molecular flexibility index (Phi) is 3.80. The summed E-state index contributed by atoms with van der Waals surface area (Å²) in [5.41, 5.74) is 1.67. The maximum atomic E-state index is 4.69. The highest BCUT2D eigenvalue weighted by atomic mass is 14.9. The number of rotatable bonds is 1. The summed E-state index contributed by atoms with van der Waals surface area (Å²) in [6, 6.07) is 0.374. The number of hydrogen-bond acceptors (Lipinski definition) is 2. The molecule has 2 heteroatoms. The van der Waals surface area contributed by atoms with E-state index in [0.717, 1.165) is 13.0 Å². The minimum absolute atomic E-state index is 0.374. The lowest BCUT2D eigenvalue weighted by molar-refractivity contribution is 0.309. The molecule has 0 bridgehead atoms. The van der Waals surface area contributed by atoms with Crippen LogP contribution in [-0.4, -0.2) is 24.5 Å². The van der Waals surface area contributed by atoms with E-state index in [1.807, 2.05) is 6.21 Å². The van der Waals surface area contributed by atoms with Crippen molar-refractivity contribution in [2.45, 2.75) is 52.5 Å². The smallest absolute Gasteiger partial charge is 0.0667 e. The van der Waals surface area contributed by atoms with Crippen molar-refractivity contribution in [3.05, 3.63) is 12.2 Å². The molecule has 94 valence electrons. The van der Waals surface area contributed by atoms with Crippen LogP contribution in [0.2, 0.25) is 0 Å². The second-order valence-electron chi connectivity index (χ2n) is 6.20. The van der Waals surface area contributed by atoms with E-state index in [1.54, 1.807) is 0 Å². The molecule has 2 atom stereocenters. The zero-order chi connectivity index (χ0) is 12.3. The van der Waals surface area contributed by atoms with Crippen LogP contribution in [0, 0.1) is 11.3 Å². The summed E-state index contributed by atoms with van der Waals surface area (Å²) in [5, 5.41) is 0. The van der Waals surface area contributed by atoms with E-state index in [2.05, 4.69) is 42.9 Å². The first-order chi connectivity index (χ1) is 8.07. The van der Waals surface area contributed by atoms with E-state index in [1.165, 1.54) is 25.0 Å². The highest BCUT2D eigenvalue weighted by Gasteiger charge is 2.23. The molecule has 0 aromatic rings. The summed E-state index contributed by atoms with van der Waals surface area (Å²) in [7, 11) is 0. The summed E-state index contributed by atoms with van der Waals surface area (Å²) in [4.78, 5) is 9.18. The van der Waals surface area contributed by atoms with Crippen molar-refractivity contribution in [3.63, 3.8) is 0 Å². The van der Waals surface area contributed by atoms with Gasteiger partial charge in [-0.1, -0.05) is 26.0 Å². The molecule has 0 N–H and O–H groups in total. The monoisotopic (exact) mass is 232 g/mol. The summed E-state index contributed by atoms with van der Waals surface area (Å²) in [5.74, 6) is 0.585. The van der Waals surface area contributed by atoms with Gasteiger partial charge in [-0.05, 0) is 38.0 Å². The van der Waals surface area contributed by atoms with Crippen molar-refractivity contribution in [2.24, 2.45) is 21.3 Å². The zero-order valence-corrected chi connectivity index (χ0v) is 11.3. The van der Waals surface area contributed by atoms with Crippen LogP contribution in [0.3, 0.4) is 0 Å². The molecule has 0 aromatic carbocycles. The van der Waals surface area contributed by atoms with Gasteiger partial charge >= 0.3 is 0 Å². The molecule has 0 aromatic heterocycles. The maximum Gasteiger partial charge on any atom is 0.0667 e. The van der Waals surface area contributed by atoms with E-state index in [4.69, 9.17) is 0 Å². The van der Waals surface area contributed by atoms with E-state index >= 15 is 0 Å². The van der Waals surface area contributed by atoms with Crippen molar-refractivity contribution in [1.29, 1.82) is 0 Å². The van der Waals surface area contributed by atoms with Crippen LogP contribution in [0.15, 0.2) is 22.1 Å². The van der Waals surface area contributed by atoms with Gasteiger partial charge in [-0.3, -0.25) is 9.98 Å². The Hall–Kier alpha value is -0.920. The first-order valence-corrected chi connectivity index (χ1v) is 6.79. The number of hydrogen-bond donors (Lipinski definition) is 0. The Morgan fingerprint density at radius 1 is 1.29 bits per heavy atom. The van der Waals surface area contributed by atoms with Gasteiger partial charge in [0, 0.05) is 12.1 Å². The zero-order valence-electron chi connectivity index (χ0n) is 11.3. The fourth-order valence-electron chi connectivity index (χ4n) is 2.48. The molecule has 0 fully saturated rings. The van der Waals surface area contributed by atoms with E-state index < -0.39 is 0 Å². The standard InChI is InChI=1S/C15H24N2/c1-12-10-17-14(11-16-12)13-6-4-5-8-15(2,3)9-7-13/h4-5,11-13H,6-10H2,1-3H3. The van der Waals surface area contributed by atoms with E-state index in [-0.39, 0.29) is 0 Å². The largest absolute Gasteiger partial charge is 0.286 e. The van der Waals surface area contributed by atoms with Gasteiger partial charge in [0.25, 0.3) is 0 Å². The SMILES string of the molecule is CC1CN=C(C2CC=CCC(C)(C)CC2)C=N1. The van der Waals surface area contributed by atoms with Gasteiger partial charge in [0.2, 0.25) is 0 Å². The average Bonchev–Trinajstić information content (AvgIpc) is 2.27. The van der Waals surface area contributed by atoms with Crippen molar-refractivity contribution >= 4 is 11.9 Å². The predicted octanol–water partition coefficient (Wildman–Crippen LogP) is 3.67. The first-order valence-electron chi connectivity index (χ1n) is 6.79. The fraction of sp³-hybridized carbons (Fsp3) is 0.733. The molecule has 1 aliphatic carbocycles. The molecule has 0 saturated heterocycles. The highest BCUT2D eigenvalue weighted by Crippen LogP contribution is 2.32. The highest BCUT2D eigenvalue weighted by molar-refractivity contribution is 6.32. The number of aliphatic imine (C=N–C) groups is 2. The van der Waals surface area contributed by atoms with E-state index in [9.17, 15) is 0 Å². The van der Waals surface area contributed by atoms with Gasteiger partial charge in [-0.2, -0.15) is 0 Å². The molecule has 1 heterocycles. The lowest BCUT2D eigenvalue weighted by Crippen LogP contribution is -2.25. The van der Waals surface area contributed by atoms with E-state index in [0.29, 0.717) is 17.4 Å². The molecular weight excluding hydrogens is 208 g/mol. The van der Waals surface area contributed by atoms with Crippen LogP contribution in [0.25, 0.3) is 0 Å². The normalized spacial score (nSPS) is 32.8. The quantitative estimate of drug-likeness (QED) is 0.616. The van der Waals surface area contributed by atoms with Gasteiger partial charge in [0.15, 0.2) is 0 Å². The Morgan fingerprint density at radius 2 is 2.12 bits per heavy atom. The number of nitrogens with zero attached hydrogens (tertiary/aromatic N) is 2. The Morgan fingerprint density at radius 3 is 2.82 bits per heavy atom. The summed E-state index contributed by atoms with van der Waals surface area (Å²) < 4.78 is 0. The molecule has 2 rings (SSSR count). The lowest BCUT2D eigenvalue weighted by atomic mass is 9.78. The molecule has 2 nitrogen and oxygen atoms in total. The third-order valence-corrected chi connectivity index (χ3v) is 3.84. The van der Waals surface area contributed by atoms with Crippen LogP contribution in [-0.2, 0) is 0 Å². The van der Waals surface area contributed by atoms with Gasteiger partial charge in [0.1, 0.15) is 0 Å². The Bertz CT molecular complexity index is 350. The second-order valence-corrected chi connectivity index (χ2v) is 6.20. The third-order valence-electron chi connectivity index (χ3n) is 3.84. The topological polar surface area (TPSA) is 24.7 Å². The lowest BCUT2D eigenvalue weighted by Gasteiger charge is -2.28. The molecule has 0 spiro atoms. The van der Waals surface area contributed by atoms with Gasteiger partial charge in [-0.25, -0.2) is 0 Å². The molecule has 2 aliphatic rings. The fourth-order valence-corrected chi connectivity index (χ4v) is 2.48. The Labute approximate surface area is 105 Å². The van der Waals surface area contributed by atoms with Gasteiger partial charge < -0.3 is 0 Å². The van der Waals surface area contributed by atoms with Crippen LogP contribution in [0.4, 0.5) is 0 Å². The minimum Gasteiger partial charge on any atom is -0.286 e. The summed E-state index contributed by atoms with van der Waals surface area (Å²) in [6.45, 7) is 7.71. The predicted molar refractivity (Wildman–Crippen MR) is 75.1 cm³/mol. The molecular formula is C15H24N2. The Balaban J connectivity index is 2.04. The molecule has 0 radical (unpaired) electrons. The van der Waals surface area contributed by atoms with Crippen LogP contribution < -0.4 is 0 Å². The summed E-state index contributed by atoms with van der Waals surface area (Å²) >= 11 is 0. The van der Waals surface area contributed by atoms with Crippen molar-refractivity contribution < 1.29 is 0 Å². The van der Waals surface area contributed by atoms with Crippen LogP contribution in [0.5, 0.6) is 0 Å². The second kappa shape index (κ2) is 5.16. The molecule has 17 heavy (non-hydrogen) atoms. The van der Waals surface area contributed by atoms with Crippen molar-refractivity contribution in [2.75, 3.05) is 6.54 Å². The molecule has 0 saturated carbocycles. The maximum absolute atomic E-state index is 4.69. The molecule has 2 unspecified atom stereocenters. The van der Waals surface area contributed by atoms with Crippen molar-refractivity contribution in [1.82, 2.24) is 0 Å². The number of allylic oxidation sites excluding steroid dienone is 2. The summed E-state index contributed by atoms with van der Waals surface area (Å²) in [6.07, 6.45) is 11.6.